The molecule has 0 aromatic rings. The largest absolute Gasteiger partial charge is 0.469 e. The van der Waals surface area contributed by atoms with E-state index in [2.05, 4.69) is 6.92 Å². The van der Waals surface area contributed by atoms with Gasteiger partial charge in [0.2, 0.25) is 0 Å². The Morgan fingerprint density at radius 3 is 2.11 bits per heavy atom. The van der Waals surface area contributed by atoms with Crippen molar-refractivity contribution in [3.05, 3.63) is 0 Å². The molecular weight excluding hydrogens is 516 g/mol. The van der Waals surface area contributed by atoms with Crippen molar-refractivity contribution in [1.82, 2.24) is 0 Å². The van der Waals surface area contributed by atoms with Gasteiger partial charge in [0.1, 0.15) is 13.2 Å². The molecule has 0 radical (unpaired) electrons. The number of rotatable bonds is 17. The van der Waals surface area contributed by atoms with Crippen molar-refractivity contribution in [3.8, 4) is 0 Å². The topological polar surface area (TPSA) is 142 Å². The Morgan fingerprint density at radius 1 is 0.921 bits per heavy atom. The van der Waals surface area contributed by atoms with E-state index in [1.165, 1.54) is 7.11 Å². The average molecular weight is 565 g/mol. The van der Waals surface area contributed by atoms with Crippen molar-refractivity contribution < 1.29 is 46.3 Å². The Kier molecular flexibility index (Phi) is 14.2. The molecule has 0 aromatic heterocycles. The summed E-state index contributed by atoms with van der Waals surface area (Å²) in [5.41, 5.74) is -2.08. The zero-order valence-electron chi connectivity index (χ0n) is 24.0. The van der Waals surface area contributed by atoms with Crippen LogP contribution in [-0.4, -0.2) is 70.2 Å². The van der Waals surface area contributed by atoms with Crippen LogP contribution in [0.3, 0.4) is 0 Å². The predicted molar refractivity (Wildman–Crippen MR) is 141 cm³/mol. The van der Waals surface area contributed by atoms with Crippen molar-refractivity contribution in [3.63, 3.8) is 0 Å². The minimum atomic E-state index is -3.73. The molecule has 0 aromatic carbocycles. The van der Waals surface area contributed by atoms with E-state index in [1.807, 2.05) is 0 Å². The molecule has 0 bridgehead atoms. The van der Waals surface area contributed by atoms with Crippen LogP contribution in [-0.2, 0) is 42.9 Å². The lowest BCUT2D eigenvalue weighted by molar-refractivity contribution is -0.161. The third kappa shape index (κ3) is 10.8. The third-order valence-electron chi connectivity index (χ3n) is 7.53. The second-order valence-corrected chi connectivity index (χ2v) is 13.2. The molecule has 222 valence electrons. The van der Waals surface area contributed by atoms with Crippen LogP contribution >= 0.6 is 0 Å². The second-order valence-electron chi connectivity index (χ2n) is 11.3. The zero-order chi connectivity index (χ0) is 29.0. The maximum Gasteiger partial charge on any atom is 0.311 e. The number of carbonyl (C=O) groups excluding carboxylic acids is 3. The van der Waals surface area contributed by atoms with E-state index in [1.54, 1.807) is 27.7 Å². The van der Waals surface area contributed by atoms with E-state index in [4.69, 9.17) is 23.5 Å². The lowest BCUT2D eigenvalue weighted by Gasteiger charge is -2.32. The first-order chi connectivity index (χ1) is 17.7. The monoisotopic (exact) mass is 564 g/mol. The molecule has 0 aliphatic heterocycles. The van der Waals surface area contributed by atoms with E-state index < -0.39 is 50.0 Å². The highest BCUT2D eigenvalue weighted by Crippen LogP contribution is 2.38. The van der Waals surface area contributed by atoms with Crippen molar-refractivity contribution >= 4 is 28.0 Å². The standard InChI is InChI=1S/C27H48O10S/c1-7-27(5,25(31)36-16-17-37-38(32,33)22-12-10-20(2)11-13-22)19-21(18-26(3,4)24(30)34-6)23(29)35-15-9-8-14-28/h20-22,28H,7-19H2,1-6H3. The second kappa shape index (κ2) is 15.8. The van der Waals surface area contributed by atoms with Gasteiger partial charge >= 0.3 is 17.9 Å². The van der Waals surface area contributed by atoms with E-state index in [-0.39, 0.29) is 39.3 Å². The minimum Gasteiger partial charge on any atom is -0.469 e. The van der Waals surface area contributed by atoms with Crippen LogP contribution in [0.1, 0.15) is 92.4 Å². The maximum atomic E-state index is 13.1. The predicted octanol–water partition coefficient (Wildman–Crippen LogP) is 3.78. The van der Waals surface area contributed by atoms with Crippen LogP contribution in [0.5, 0.6) is 0 Å². The van der Waals surface area contributed by atoms with Gasteiger partial charge in [-0.2, -0.15) is 8.42 Å². The zero-order valence-corrected chi connectivity index (χ0v) is 24.8. The average Bonchev–Trinajstić information content (AvgIpc) is 2.87. The summed E-state index contributed by atoms with van der Waals surface area (Å²) in [6.07, 6.45) is 4.31. The fourth-order valence-corrected chi connectivity index (χ4v) is 6.05. The van der Waals surface area contributed by atoms with Gasteiger partial charge in [-0.1, -0.05) is 13.8 Å². The van der Waals surface area contributed by atoms with Gasteiger partial charge in [-0.3, -0.25) is 18.6 Å². The van der Waals surface area contributed by atoms with Crippen molar-refractivity contribution in [2.24, 2.45) is 22.7 Å². The summed E-state index contributed by atoms with van der Waals surface area (Å²) in [6.45, 7) is 8.50. The van der Waals surface area contributed by atoms with Crippen LogP contribution in [0.4, 0.5) is 0 Å². The lowest BCUT2D eigenvalue weighted by atomic mass is 9.73. The summed E-state index contributed by atoms with van der Waals surface area (Å²) in [4.78, 5) is 38.3. The SMILES string of the molecule is CCC(C)(CC(CC(C)(C)C(=O)OC)C(=O)OCCCCO)C(=O)OCCOS(=O)(=O)C1CCC(C)CC1. The summed E-state index contributed by atoms with van der Waals surface area (Å²) in [7, 11) is -2.46. The van der Waals surface area contributed by atoms with E-state index >= 15 is 0 Å². The molecular formula is C27H48O10S. The molecule has 11 heteroatoms. The van der Waals surface area contributed by atoms with Gasteiger partial charge in [-0.25, -0.2) is 0 Å². The van der Waals surface area contributed by atoms with Crippen LogP contribution in [0.2, 0.25) is 0 Å². The normalized spacial score (nSPS) is 20.7. The van der Waals surface area contributed by atoms with Gasteiger partial charge in [-0.05, 0) is 84.5 Å². The van der Waals surface area contributed by atoms with Crippen LogP contribution in [0.25, 0.3) is 0 Å². The Morgan fingerprint density at radius 2 is 1.55 bits per heavy atom. The number of hydrogen-bond acceptors (Lipinski definition) is 10. The molecule has 2 unspecified atom stereocenters. The maximum absolute atomic E-state index is 13.1. The van der Waals surface area contributed by atoms with Crippen LogP contribution in [0, 0.1) is 22.7 Å². The lowest BCUT2D eigenvalue weighted by Crippen LogP contribution is -2.38. The summed E-state index contributed by atoms with van der Waals surface area (Å²) >= 11 is 0. The third-order valence-corrected chi connectivity index (χ3v) is 9.31. The highest BCUT2D eigenvalue weighted by Gasteiger charge is 2.42. The van der Waals surface area contributed by atoms with E-state index in [0.717, 1.165) is 12.8 Å². The number of esters is 3. The molecule has 0 heterocycles. The molecule has 1 saturated carbocycles. The number of carbonyl (C=O) groups is 3. The Bertz CT molecular complexity index is 861. The Labute approximate surface area is 228 Å². The van der Waals surface area contributed by atoms with Crippen LogP contribution in [0.15, 0.2) is 0 Å². The summed E-state index contributed by atoms with van der Waals surface area (Å²) in [5.74, 6) is -1.89. The van der Waals surface area contributed by atoms with Gasteiger partial charge in [0, 0.05) is 6.61 Å². The number of hydrogen-bond donors (Lipinski definition) is 1. The molecule has 1 aliphatic rings. The molecule has 1 fully saturated rings. The Hall–Kier alpha value is -1.72. The van der Waals surface area contributed by atoms with Gasteiger partial charge < -0.3 is 19.3 Å². The van der Waals surface area contributed by atoms with Crippen molar-refractivity contribution in [2.75, 3.05) is 33.5 Å². The van der Waals surface area contributed by atoms with Crippen molar-refractivity contribution in [2.45, 2.75) is 97.7 Å². The fourth-order valence-electron chi connectivity index (χ4n) is 4.71. The highest BCUT2D eigenvalue weighted by molar-refractivity contribution is 7.87. The molecule has 0 amide bonds. The van der Waals surface area contributed by atoms with Gasteiger partial charge in [-0.15, -0.1) is 0 Å². The van der Waals surface area contributed by atoms with Crippen molar-refractivity contribution in [1.29, 1.82) is 0 Å². The first-order valence-electron chi connectivity index (χ1n) is 13.6. The number of methoxy groups -OCH3 is 1. The number of aliphatic hydroxyl groups excluding tert-OH is 1. The molecule has 1 N–H and O–H groups in total. The van der Waals surface area contributed by atoms with E-state index in [9.17, 15) is 22.8 Å². The first-order valence-corrected chi connectivity index (χ1v) is 15.1. The minimum absolute atomic E-state index is 0.0129. The summed E-state index contributed by atoms with van der Waals surface area (Å²) < 4.78 is 45.8. The molecule has 2 atom stereocenters. The molecule has 38 heavy (non-hydrogen) atoms. The number of ether oxygens (including phenoxy) is 3. The number of unbranched alkanes of at least 4 members (excludes halogenated alkanes) is 1. The van der Waals surface area contributed by atoms with Gasteiger partial charge in [0.15, 0.2) is 0 Å². The quantitative estimate of drug-likeness (QED) is 0.120. The van der Waals surface area contributed by atoms with Gasteiger partial charge in [0.25, 0.3) is 10.1 Å². The highest BCUT2D eigenvalue weighted by atomic mass is 32.2. The molecule has 0 spiro atoms. The number of aliphatic hydroxyl groups is 1. The molecule has 1 rings (SSSR count). The fraction of sp³-hybridized carbons (Fsp3) is 0.889. The van der Waals surface area contributed by atoms with Gasteiger partial charge in [0.05, 0.1) is 35.7 Å². The van der Waals surface area contributed by atoms with Crippen LogP contribution < -0.4 is 0 Å². The molecule has 10 nitrogen and oxygen atoms in total. The van der Waals surface area contributed by atoms with E-state index in [0.29, 0.717) is 38.0 Å². The molecule has 0 saturated heterocycles. The Balaban J connectivity index is 2.81. The smallest absolute Gasteiger partial charge is 0.311 e. The summed E-state index contributed by atoms with van der Waals surface area (Å²) in [5, 5.41) is 8.42. The molecule has 1 aliphatic carbocycles. The first kappa shape index (κ1) is 34.3. The summed E-state index contributed by atoms with van der Waals surface area (Å²) in [6, 6.07) is 0.